The molecule has 0 N–H and O–H groups in total. The third kappa shape index (κ3) is 24.7. The highest BCUT2D eigenvalue weighted by Gasteiger charge is 2.58. The molecule has 0 saturated heterocycles. The van der Waals surface area contributed by atoms with E-state index in [0.717, 1.165) is 20.8 Å². The molecule has 0 fully saturated rings. The molecule has 18 heteroatoms. The summed E-state index contributed by atoms with van der Waals surface area (Å²) in [6, 6.07) is 0. The van der Waals surface area contributed by atoms with E-state index in [-0.39, 0.29) is 33.0 Å². The molecule has 0 bridgehead atoms. The molecule has 0 amide bonds. The Balaban J connectivity index is 7.89. The van der Waals surface area contributed by atoms with Crippen molar-refractivity contribution in [3.63, 3.8) is 0 Å². The SMILES string of the molecule is CCCCOC(=O)CC(O[Si](OC(CC(C)=O)C(C)=O)(OC(CC(C)=O)C(=O)OCCCC)OC(CC(=O)OCCCC)C(=O)OCCCC)C(=O)OCCCC. The van der Waals surface area contributed by atoms with Crippen molar-refractivity contribution in [1.29, 1.82) is 0 Å². The van der Waals surface area contributed by atoms with Crippen LogP contribution in [0.2, 0.25) is 0 Å². The first kappa shape index (κ1) is 53.4. The van der Waals surface area contributed by atoms with Crippen molar-refractivity contribution in [2.75, 3.05) is 33.0 Å². The quantitative estimate of drug-likeness (QED) is 0.0355. The average Bonchev–Trinajstić information content (AvgIpc) is 3.13. The second-order valence-electron chi connectivity index (χ2n) is 13.5. The molecule has 0 aromatic carbocycles. The maximum Gasteiger partial charge on any atom is 0.682 e. The molecule has 17 nitrogen and oxygen atoms in total. The highest BCUT2D eigenvalue weighted by atomic mass is 28.4. The lowest BCUT2D eigenvalue weighted by Gasteiger charge is -2.36. The van der Waals surface area contributed by atoms with Gasteiger partial charge in [0.15, 0.2) is 24.1 Å². The van der Waals surface area contributed by atoms with Crippen molar-refractivity contribution in [3.8, 4) is 0 Å². The van der Waals surface area contributed by atoms with Crippen molar-refractivity contribution >= 4 is 56.2 Å². The minimum absolute atomic E-state index is 0.000132. The highest BCUT2D eigenvalue weighted by molar-refractivity contribution is 6.54. The van der Waals surface area contributed by atoms with Gasteiger partial charge in [-0.1, -0.05) is 66.7 Å². The molecule has 0 aromatic heterocycles. The summed E-state index contributed by atoms with van der Waals surface area (Å²) in [6.07, 6.45) is -5.04. The van der Waals surface area contributed by atoms with Gasteiger partial charge in [-0.25, -0.2) is 14.4 Å². The zero-order valence-corrected chi connectivity index (χ0v) is 36.2. The summed E-state index contributed by atoms with van der Waals surface area (Å²) >= 11 is 0. The molecule has 0 saturated carbocycles. The summed E-state index contributed by atoms with van der Waals surface area (Å²) in [5, 5.41) is 0. The van der Waals surface area contributed by atoms with Gasteiger partial charge >= 0.3 is 38.9 Å². The number of Topliss-reactive ketones (excluding diaryl/α,β-unsaturated/α-hetero) is 3. The molecule has 328 valence electrons. The average molecular weight is 835 g/mol. The lowest BCUT2D eigenvalue weighted by molar-refractivity contribution is -0.181. The monoisotopic (exact) mass is 834 g/mol. The predicted molar refractivity (Wildman–Crippen MR) is 205 cm³/mol. The Hall–Kier alpha value is -3.58. The minimum atomic E-state index is -5.63. The van der Waals surface area contributed by atoms with E-state index in [1.165, 1.54) is 0 Å². The first-order chi connectivity index (χ1) is 27.1. The summed E-state index contributed by atoms with van der Waals surface area (Å²) < 4.78 is 51.5. The Bertz CT molecular complexity index is 1200. The van der Waals surface area contributed by atoms with Crippen molar-refractivity contribution in [3.05, 3.63) is 0 Å². The second kappa shape index (κ2) is 31.4. The Morgan fingerprint density at radius 1 is 0.386 bits per heavy atom. The summed E-state index contributed by atoms with van der Waals surface area (Å²) in [5.41, 5.74) is 0. The maximum atomic E-state index is 13.7. The third-order valence-corrected chi connectivity index (χ3v) is 10.1. The lowest BCUT2D eigenvalue weighted by Crippen LogP contribution is -2.61. The number of unbranched alkanes of at least 4 members (excludes halogenated alkanes) is 5. The third-order valence-electron chi connectivity index (χ3n) is 7.79. The van der Waals surface area contributed by atoms with Crippen LogP contribution in [0.5, 0.6) is 0 Å². The molecule has 0 rings (SSSR count). The smallest absolute Gasteiger partial charge is 0.466 e. The van der Waals surface area contributed by atoms with E-state index < -0.39 is 106 Å². The number of hydrogen-bond acceptors (Lipinski definition) is 17. The van der Waals surface area contributed by atoms with Crippen LogP contribution in [0.3, 0.4) is 0 Å². The molecule has 57 heavy (non-hydrogen) atoms. The van der Waals surface area contributed by atoms with Gasteiger partial charge in [-0.3, -0.25) is 24.0 Å². The highest BCUT2D eigenvalue weighted by Crippen LogP contribution is 2.28. The Kier molecular flexibility index (Phi) is 29.4. The molecular formula is C39H66O17Si. The van der Waals surface area contributed by atoms with E-state index in [4.69, 9.17) is 41.4 Å². The molecular weight excluding hydrogens is 768 g/mol. The van der Waals surface area contributed by atoms with Gasteiger partial charge in [0.1, 0.15) is 17.7 Å². The first-order valence-electron chi connectivity index (χ1n) is 20.1. The van der Waals surface area contributed by atoms with E-state index in [1.807, 2.05) is 34.6 Å². The molecule has 0 aliphatic carbocycles. The van der Waals surface area contributed by atoms with Gasteiger partial charge in [0.05, 0.1) is 45.9 Å². The number of ether oxygens (including phenoxy) is 5. The van der Waals surface area contributed by atoms with Crippen LogP contribution in [0, 0.1) is 0 Å². The van der Waals surface area contributed by atoms with Gasteiger partial charge in [-0.05, 0) is 52.9 Å². The summed E-state index contributed by atoms with van der Waals surface area (Å²) in [6.45, 7) is 12.4. The number of carbonyl (C=O) groups excluding carboxylic acids is 8. The van der Waals surface area contributed by atoms with Crippen LogP contribution in [-0.2, 0) is 79.7 Å². The topological polar surface area (TPSA) is 220 Å². The van der Waals surface area contributed by atoms with Crippen molar-refractivity contribution in [1.82, 2.24) is 0 Å². The molecule has 4 atom stereocenters. The fraction of sp³-hybridized carbons (Fsp3) is 0.795. The molecule has 0 aliphatic rings. The first-order valence-corrected chi connectivity index (χ1v) is 21.7. The van der Waals surface area contributed by atoms with Crippen molar-refractivity contribution in [2.24, 2.45) is 0 Å². The Labute approximate surface area is 338 Å². The maximum absolute atomic E-state index is 13.7. The molecule has 0 aliphatic heterocycles. The zero-order valence-electron chi connectivity index (χ0n) is 35.2. The second-order valence-corrected chi connectivity index (χ2v) is 15.4. The lowest BCUT2D eigenvalue weighted by atomic mass is 10.1. The van der Waals surface area contributed by atoms with E-state index in [1.54, 1.807) is 0 Å². The fourth-order valence-corrected chi connectivity index (χ4v) is 7.00. The van der Waals surface area contributed by atoms with Crippen LogP contribution in [0.15, 0.2) is 0 Å². The van der Waals surface area contributed by atoms with Gasteiger partial charge in [-0.2, -0.15) is 0 Å². The Morgan fingerprint density at radius 2 is 0.649 bits per heavy atom. The molecule has 0 aromatic rings. The van der Waals surface area contributed by atoms with Crippen molar-refractivity contribution in [2.45, 2.75) is 170 Å². The normalized spacial score (nSPS) is 14.2. The minimum Gasteiger partial charge on any atom is -0.466 e. The van der Waals surface area contributed by atoms with E-state index in [9.17, 15) is 38.4 Å². The predicted octanol–water partition coefficient (Wildman–Crippen LogP) is 5.01. The van der Waals surface area contributed by atoms with Gasteiger partial charge in [-0.15, -0.1) is 0 Å². The van der Waals surface area contributed by atoms with Crippen LogP contribution in [0.1, 0.15) is 145 Å². The van der Waals surface area contributed by atoms with E-state index in [2.05, 4.69) is 0 Å². The molecule has 0 radical (unpaired) electrons. The summed E-state index contributed by atoms with van der Waals surface area (Å²) in [4.78, 5) is 105. The molecule has 4 unspecified atom stereocenters. The Morgan fingerprint density at radius 3 is 0.930 bits per heavy atom. The number of hydrogen-bond donors (Lipinski definition) is 0. The van der Waals surface area contributed by atoms with Gasteiger partial charge in [0, 0.05) is 12.8 Å². The molecule has 0 heterocycles. The van der Waals surface area contributed by atoms with Crippen LogP contribution < -0.4 is 0 Å². The van der Waals surface area contributed by atoms with Crippen molar-refractivity contribution < 1.29 is 79.7 Å². The standard InChI is InChI=1S/C39H66O17Si/c1-9-14-19-48-35(43)26-33(38(46)51-22-17-12-4)55-57(53-31(30(8)42)24-28(6)40,54-32(25-29(7)41)37(45)50-21-16-11-3)56-34(39(47)52-23-18-13-5)27-36(44)49-20-15-10-2/h31-34H,9-27H2,1-8H3. The van der Waals surface area contributed by atoms with Crippen LogP contribution in [0.25, 0.3) is 0 Å². The largest absolute Gasteiger partial charge is 0.682 e. The van der Waals surface area contributed by atoms with Gasteiger partial charge in [0.2, 0.25) is 0 Å². The van der Waals surface area contributed by atoms with Crippen LogP contribution in [0.4, 0.5) is 0 Å². The van der Waals surface area contributed by atoms with Crippen LogP contribution >= 0.6 is 0 Å². The molecule has 0 spiro atoms. The zero-order chi connectivity index (χ0) is 43.2. The number of rotatable bonds is 35. The number of esters is 5. The number of carbonyl (C=O) groups is 8. The van der Waals surface area contributed by atoms with E-state index >= 15 is 0 Å². The van der Waals surface area contributed by atoms with Crippen LogP contribution in [-0.4, -0.2) is 114 Å². The number of ketones is 3. The summed E-state index contributed by atoms with van der Waals surface area (Å²) in [5.74, 6) is -7.13. The van der Waals surface area contributed by atoms with Gasteiger partial charge < -0.3 is 41.4 Å². The van der Waals surface area contributed by atoms with E-state index in [0.29, 0.717) is 64.2 Å². The van der Waals surface area contributed by atoms with Gasteiger partial charge in [0.25, 0.3) is 0 Å². The summed E-state index contributed by atoms with van der Waals surface area (Å²) in [7, 11) is -5.63. The fourth-order valence-electron chi connectivity index (χ4n) is 4.48.